The summed E-state index contributed by atoms with van der Waals surface area (Å²) in [5, 5.41) is 0. The first-order valence-electron chi connectivity index (χ1n) is 6.60. The molecule has 2 aliphatic heterocycles. The van der Waals surface area contributed by atoms with E-state index in [2.05, 4.69) is 17.0 Å². The highest BCUT2D eigenvalue weighted by atomic mass is 16.2. The number of carbonyl (C=O) groups excluding carboxylic acids is 1. The number of amides is 1. The summed E-state index contributed by atoms with van der Waals surface area (Å²) >= 11 is 0. The van der Waals surface area contributed by atoms with Gasteiger partial charge in [-0.1, -0.05) is 18.2 Å². The van der Waals surface area contributed by atoms with Crippen LogP contribution in [0.15, 0.2) is 24.3 Å². The number of rotatable bonds is 2. The van der Waals surface area contributed by atoms with Gasteiger partial charge in [-0.2, -0.15) is 0 Å². The first kappa shape index (κ1) is 11.5. The van der Waals surface area contributed by atoms with Gasteiger partial charge in [0.1, 0.15) is 0 Å². The summed E-state index contributed by atoms with van der Waals surface area (Å²) in [4.78, 5) is 16.1. The van der Waals surface area contributed by atoms with Gasteiger partial charge in [0.15, 0.2) is 0 Å². The third-order valence-corrected chi connectivity index (χ3v) is 3.80. The van der Waals surface area contributed by atoms with E-state index in [1.807, 2.05) is 17.0 Å². The molecule has 96 valence electrons. The Labute approximate surface area is 107 Å². The van der Waals surface area contributed by atoms with Crippen LogP contribution in [-0.2, 0) is 11.2 Å². The van der Waals surface area contributed by atoms with E-state index in [0.29, 0.717) is 6.54 Å². The lowest BCUT2D eigenvalue weighted by molar-refractivity contribution is -0.133. The molecule has 0 radical (unpaired) electrons. The zero-order valence-electron chi connectivity index (χ0n) is 10.5. The maximum absolute atomic E-state index is 12.1. The fourth-order valence-corrected chi connectivity index (χ4v) is 2.70. The van der Waals surface area contributed by atoms with Crippen LogP contribution in [0.1, 0.15) is 12.0 Å². The molecule has 0 spiro atoms. The van der Waals surface area contributed by atoms with Crippen molar-refractivity contribution in [2.45, 2.75) is 18.9 Å². The van der Waals surface area contributed by atoms with E-state index in [1.165, 1.54) is 11.3 Å². The van der Waals surface area contributed by atoms with Gasteiger partial charge >= 0.3 is 0 Å². The maximum Gasteiger partial charge on any atom is 0.242 e. The Morgan fingerprint density at radius 1 is 1.33 bits per heavy atom. The highest BCUT2D eigenvalue weighted by Crippen LogP contribution is 2.26. The summed E-state index contributed by atoms with van der Waals surface area (Å²) in [6.07, 6.45) is 2.05. The Morgan fingerprint density at radius 3 is 2.83 bits per heavy atom. The quantitative estimate of drug-likeness (QED) is 0.830. The highest BCUT2D eigenvalue weighted by molar-refractivity contribution is 5.82. The van der Waals surface area contributed by atoms with Crippen molar-refractivity contribution >= 4 is 11.6 Å². The molecular weight excluding hydrogens is 226 g/mol. The summed E-state index contributed by atoms with van der Waals surface area (Å²) in [5.41, 5.74) is 8.50. The number of likely N-dealkylation sites (tertiary alicyclic amines) is 1. The molecule has 0 aliphatic carbocycles. The number of fused-ring (bicyclic) bond motifs is 1. The Hall–Kier alpha value is -1.55. The molecule has 1 aromatic rings. The number of para-hydroxylation sites is 1. The van der Waals surface area contributed by atoms with Crippen LogP contribution < -0.4 is 10.6 Å². The van der Waals surface area contributed by atoms with E-state index in [9.17, 15) is 4.79 Å². The first-order chi connectivity index (χ1) is 8.74. The smallest absolute Gasteiger partial charge is 0.242 e. The predicted molar refractivity (Wildman–Crippen MR) is 71.5 cm³/mol. The van der Waals surface area contributed by atoms with Gasteiger partial charge in [0.25, 0.3) is 0 Å². The third-order valence-electron chi connectivity index (χ3n) is 3.80. The monoisotopic (exact) mass is 245 g/mol. The van der Waals surface area contributed by atoms with E-state index in [0.717, 1.165) is 32.5 Å². The van der Waals surface area contributed by atoms with E-state index in [-0.39, 0.29) is 11.9 Å². The summed E-state index contributed by atoms with van der Waals surface area (Å²) < 4.78 is 0. The number of hydrogen-bond donors (Lipinski definition) is 1. The lowest BCUT2D eigenvalue weighted by atomic mass is 9.98. The number of carbonyl (C=O) groups is 1. The molecule has 0 saturated carbocycles. The maximum atomic E-state index is 12.1. The van der Waals surface area contributed by atoms with Crippen molar-refractivity contribution in [3.63, 3.8) is 0 Å². The Balaban J connectivity index is 1.77. The van der Waals surface area contributed by atoms with Crippen LogP contribution in [0.25, 0.3) is 0 Å². The van der Waals surface area contributed by atoms with Crippen molar-refractivity contribution in [1.29, 1.82) is 0 Å². The molecule has 4 nitrogen and oxygen atoms in total. The Kier molecular flexibility index (Phi) is 2.96. The normalized spacial score (nSPS) is 22.4. The number of nitrogens with two attached hydrogens (primary N) is 1. The van der Waals surface area contributed by atoms with Crippen molar-refractivity contribution in [2.24, 2.45) is 5.73 Å². The van der Waals surface area contributed by atoms with Gasteiger partial charge in [-0.05, 0) is 24.5 Å². The molecule has 2 heterocycles. The first-order valence-corrected chi connectivity index (χ1v) is 6.60. The zero-order chi connectivity index (χ0) is 12.5. The predicted octanol–water partition coefficient (Wildman–Crippen LogP) is 0.609. The van der Waals surface area contributed by atoms with Crippen LogP contribution in [0.4, 0.5) is 5.69 Å². The van der Waals surface area contributed by atoms with Crippen molar-refractivity contribution in [3.8, 4) is 0 Å². The molecule has 1 saturated heterocycles. The number of hydrogen-bond acceptors (Lipinski definition) is 3. The molecule has 1 atom stereocenters. The second-order valence-corrected chi connectivity index (χ2v) is 5.21. The van der Waals surface area contributed by atoms with E-state index < -0.39 is 0 Å². The average molecular weight is 245 g/mol. The number of nitrogens with zero attached hydrogens (tertiary/aromatic N) is 2. The molecule has 1 fully saturated rings. The summed E-state index contributed by atoms with van der Waals surface area (Å²) in [6, 6.07) is 8.38. The van der Waals surface area contributed by atoms with Gasteiger partial charge < -0.3 is 15.5 Å². The van der Waals surface area contributed by atoms with Crippen LogP contribution >= 0.6 is 0 Å². The van der Waals surface area contributed by atoms with Crippen LogP contribution in [-0.4, -0.2) is 43.0 Å². The molecule has 18 heavy (non-hydrogen) atoms. The van der Waals surface area contributed by atoms with E-state index >= 15 is 0 Å². The fourth-order valence-electron chi connectivity index (χ4n) is 2.70. The van der Waals surface area contributed by atoms with Crippen molar-refractivity contribution in [2.75, 3.05) is 31.1 Å². The van der Waals surface area contributed by atoms with Crippen molar-refractivity contribution < 1.29 is 4.79 Å². The Morgan fingerprint density at radius 2 is 2.11 bits per heavy atom. The zero-order valence-corrected chi connectivity index (χ0v) is 10.5. The average Bonchev–Trinajstić information content (AvgIpc) is 2.26. The minimum absolute atomic E-state index is 0.129. The van der Waals surface area contributed by atoms with Gasteiger partial charge in [0.2, 0.25) is 5.91 Å². The molecule has 2 aliphatic rings. The van der Waals surface area contributed by atoms with Gasteiger partial charge in [-0.3, -0.25) is 4.79 Å². The standard InChI is InChI=1S/C14H19N3O/c15-12-8-11-4-1-2-5-13(11)17(9-12)10-14(18)16-6-3-7-16/h1-2,4-5,12H,3,6-10,15H2. The molecule has 0 aromatic heterocycles. The highest BCUT2D eigenvalue weighted by Gasteiger charge is 2.26. The lowest BCUT2D eigenvalue weighted by Gasteiger charge is -2.37. The van der Waals surface area contributed by atoms with Crippen LogP contribution in [0.3, 0.4) is 0 Å². The molecule has 1 aromatic carbocycles. The van der Waals surface area contributed by atoms with Gasteiger partial charge in [0, 0.05) is 31.4 Å². The summed E-state index contributed by atoms with van der Waals surface area (Å²) in [7, 11) is 0. The Bertz CT molecular complexity index is 456. The van der Waals surface area contributed by atoms with Crippen molar-refractivity contribution in [1.82, 2.24) is 4.90 Å². The minimum atomic E-state index is 0.129. The molecule has 0 bridgehead atoms. The summed E-state index contributed by atoms with van der Waals surface area (Å²) in [6.45, 7) is 3.07. The minimum Gasteiger partial charge on any atom is -0.360 e. The van der Waals surface area contributed by atoms with Crippen LogP contribution in [0.2, 0.25) is 0 Å². The van der Waals surface area contributed by atoms with Crippen LogP contribution in [0.5, 0.6) is 0 Å². The summed E-state index contributed by atoms with van der Waals surface area (Å²) in [5.74, 6) is 0.227. The van der Waals surface area contributed by atoms with E-state index in [4.69, 9.17) is 5.73 Å². The second-order valence-electron chi connectivity index (χ2n) is 5.21. The molecule has 1 unspecified atom stereocenters. The van der Waals surface area contributed by atoms with Gasteiger partial charge in [-0.25, -0.2) is 0 Å². The molecule has 3 rings (SSSR count). The fraction of sp³-hybridized carbons (Fsp3) is 0.500. The van der Waals surface area contributed by atoms with Gasteiger partial charge in [0.05, 0.1) is 6.54 Å². The molecule has 2 N–H and O–H groups in total. The van der Waals surface area contributed by atoms with Gasteiger partial charge in [-0.15, -0.1) is 0 Å². The lowest BCUT2D eigenvalue weighted by Crippen LogP contribution is -2.51. The molecule has 1 amide bonds. The van der Waals surface area contributed by atoms with Crippen LogP contribution in [0, 0.1) is 0 Å². The molecule has 4 heteroatoms. The number of benzene rings is 1. The topological polar surface area (TPSA) is 49.6 Å². The number of anilines is 1. The third kappa shape index (κ3) is 2.08. The molecular formula is C14H19N3O. The SMILES string of the molecule is NC1Cc2ccccc2N(CC(=O)N2CCC2)C1. The largest absolute Gasteiger partial charge is 0.360 e. The van der Waals surface area contributed by atoms with Crippen molar-refractivity contribution in [3.05, 3.63) is 29.8 Å². The van der Waals surface area contributed by atoms with E-state index in [1.54, 1.807) is 0 Å². The second kappa shape index (κ2) is 4.61.